The smallest absolute Gasteiger partial charge is 0.247 e. The van der Waals surface area contributed by atoms with Gasteiger partial charge in [0.1, 0.15) is 0 Å². The van der Waals surface area contributed by atoms with Gasteiger partial charge < -0.3 is 4.90 Å². The minimum absolute atomic E-state index is 0.0247. The highest BCUT2D eigenvalue weighted by molar-refractivity contribution is 5.78. The number of hydrogen-bond acceptors (Lipinski definition) is 3. The quantitative estimate of drug-likeness (QED) is 0.826. The topological polar surface area (TPSA) is 38.1 Å². The van der Waals surface area contributed by atoms with Crippen LogP contribution in [-0.2, 0) is 6.42 Å². The maximum atomic E-state index is 11.7. The second-order valence-corrected chi connectivity index (χ2v) is 4.41. The molecule has 0 radical (unpaired) electrons. The maximum Gasteiger partial charge on any atom is 0.247 e. The van der Waals surface area contributed by atoms with E-state index in [1.54, 1.807) is 18.5 Å². The molecule has 0 saturated carbocycles. The Morgan fingerprint density at radius 3 is 2.56 bits per heavy atom. The van der Waals surface area contributed by atoms with Crippen molar-refractivity contribution in [2.45, 2.75) is 12.8 Å². The molecule has 1 aromatic heterocycles. The SMILES string of the molecule is CN(C)c1ccc(CCC(=O)n2cccn2)cc1. The summed E-state index contributed by atoms with van der Waals surface area (Å²) in [6.45, 7) is 0. The van der Waals surface area contributed by atoms with Gasteiger partial charge in [-0.05, 0) is 30.2 Å². The predicted octanol–water partition coefficient (Wildman–Crippen LogP) is 2.22. The Balaban J connectivity index is 1.92. The molecule has 94 valence electrons. The number of anilines is 1. The molecule has 0 fully saturated rings. The van der Waals surface area contributed by atoms with Crippen LogP contribution in [0.1, 0.15) is 16.8 Å². The van der Waals surface area contributed by atoms with E-state index >= 15 is 0 Å². The van der Waals surface area contributed by atoms with Crippen LogP contribution in [0.2, 0.25) is 0 Å². The fourth-order valence-electron chi connectivity index (χ4n) is 1.74. The Labute approximate surface area is 107 Å². The lowest BCUT2D eigenvalue weighted by Gasteiger charge is -2.12. The number of hydrogen-bond donors (Lipinski definition) is 0. The molecule has 2 rings (SSSR count). The number of nitrogens with zero attached hydrogens (tertiary/aromatic N) is 3. The molecule has 4 heteroatoms. The summed E-state index contributed by atoms with van der Waals surface area (Å²) >= 11 is 0. The van der Waals surface area contributed by atoms with Crippen LogP contribution in [0.3, 0.4) is 0 Å². The fraction of sp³-hybridized carbons (Fsp3) is 0.286. The van der Waals surface area contributed by atoms with Crippen LogP contribution in [0.15, 0.2) is 42.7 Å². The van der Waals surface area contributed by atoms with Gasteiger partial charge in [-0.15, -0.1) is 0 Å². The summed E-state index contributed by atoms with van der Waals surface area (Å²) in [5, 5.41) is 3.93. The van der Waals surface area contributed by atoms with Gasteiger partial charge in [0.2, 0.25) is 5.91 Å². The Morgan fingerprint density at radius 1 is 1.28 bits per heavy atom. The number of aromatic nitrogens is 2. The molecule has 0 atom stereocenters. The molecule has 18 heavy (non-hydrogen) atoms. The van der Waals surface area contributed by atoms with E-state index < -0.39 is 0 Å². The molecule has 0 amide bonds. The number of aryl methyl sites for hydroxylation is 1. The summed E-state index contributed by atoms with van der Waals surface area (Å²) in [5.41, 5.74) is 2.33. The van der Waals surface area contributed by atoms with E-state index in [1.165, 1.54) is 10.2 Å². The molecule has 2 aromatic rings. The first kappa shape index (κ1) is 12.4. The summed E-state index contributed by atoms with van der Waals surface area (Å²) in [5.74, 6) is 0.0247. The van der Waals surface area contributed by atoms with Crippen molar-refractivity contribution in [1.29, 1.82) is 0 Å². The highest BCUT2D eigenvalue weighted by atomic mass is 16.2. The van der Waals surface area contributed by atoms with Crippen LogP contribution >= 0.6 is 0 Å². The monoisotopic (exact) mass is 243 g/mol. The highest BCUT2D eigenvalue weighted by Gasteiger charge is 2.05. The lowest BCUT2D eigenvalue weighted by Crippen LogP contribution is -2.12. The van der Waals surface area contributed by atoms with Crippen LogP contribution in [0.25, 0.3) is 0 Å². The molecule has 0 aliphatic rings. The number of carbonyl (C=O) groups excluding carboxylic acids is 1. The molecule has 0 aliphatic heterocycles. The molecular formula is C14H17N3O. The molecule has 1 heterocycles. The van der Waals surface area contributed by atoms with E-state index in [9.17, 15) is 4.79 Å². The van der Waals surface area contributed by atoms with Gasteiger partial charge in [0.25, 0.3) is 0 Å². The lowest BCUT2D eigenvalue weighted by atomic mass is 10.1. The number of benzene rings is 1. The van der Waals surface area contributed by atoms with Crippen LogP contribution < -0.4 is 4.90 Å². The van der Waals surface area contributed by atoms with Gasteiger partial charge in [-0.25, -0.2) is 4.68 Å². The summed E-state index contributed by atoms with van der Waals surface area (Å²) in [4.78, 5) is 13.8. The average Bonchev–Trinajstić information content (AvgIpc) is 2.90. The van der Waals surface area contributed by atoms with E-state index in [0.717, 1.165) is 12.1 Å². The van der Waals surface area contributed by atoms with Crippen LogP contribution in [0.5, 0.6) is 0 Å². The first-order chi connectivity index (χ1) is 8.66. The van der Waals surface area contributed by atoms with Gasteiger partial charge in [0, 0.05) is 38.6 Å². The predicted molar refractivity (Wildman–Crippen MR) is 71.9 cm³/mol. The highest BCUT2D eigenvalue weighted by Crippen LogP contribution is 2.13. The molecule has 0 unspecified atom stereocenters. The van der Waals surface area contributed by atoms with Crippen molar-refractivity contribution >= 4 is 11.6 Å². The second kappa shape index (κ2) is 5.49. The molecule has 0 bridgehead atoms. The van der Waals surface area contributed by atoms with Crippen molar-refractivity contribution in [2.75, 3.05) is 19.0 Å². The molecule has 0 saturated heterocycles. The van der Waals surface area contributed by atoms with Crippen molar-refractivity contribution in [3.63, 3.8) is 0 Å². The largest absolute Gasteiger partial charge is 0.378 e. The maximum absolute atomic E-state index is 11.7. The van der Waals surface area contributed by atoms with E-state index in [2.05, 4.69) is 34.3 Å². The summed E-state index contributed by atoms with van der Waals surface area (Å²) in [6.07, 6.45) is 4.51. The van der Waals surface area contributed by atoms with Crippen molar-refractivity contribution in [3.05, 3.63) is 48.3 Å². The third-order valence-electron chi connectivity index (χ3n) is 2.84. The van der Waals surface area contributed by atoms with Crippen LogP contribution in [0.4, 0.5) is 5.69 Å². The average molecular weight is 243 g/mol. The van der Waals surface area contributed by atoms with Crippen LogP contribution in [-0.4, -0.2) is 29.8 Å². The fourth-order valence-corrected chi connectivity index (χ4v) is 1.74. The zero-order valence-corrected chi connectivity index (χ0v) is 10.7. The van der Waals surface area contributed by atoms with Gasteiger partial charge in [-0.1, -0.05) is 12.1 Å². The van der Waals surface area contributed by atoms with Gasteiger partial charge in [-0.3, -0.25) is 4.79 Å². The van der Waals surface area contributed by atoms with Crippen LogP contribution in [0, 0.1) is 0 Å². The molecule has 0 N–H and O–H groups in total. The third kappa shape index (κ3) is 2.97. The molecule has 0 aliphatic carbocycles. The van der Waals surface area contributed by atoms with E-state index in [4.69, 9.17) is 0 Å². The summed E-state index contributed by atoms with van der Waals surface area (Å²) in [7, 11) is 4.02. The summed E-state index contributed by atoms with van der Waals surface area (Å²) < 4.78 is 1.38. The standard InChI is InChI=1S/C14H17N3O/c1-16(2)13-7-4-12(5-8-13)6-9-14(18)17-11-3-10-15-17/h3-5,7-8,10-11H,6,9H2,1-2H3. The minimum atomic E-state index is 0.0247. The third-order valence-corrected chi connectivity index (χ3v) is 2.84. The van der Waals surface area contributed by atoms with E-state index in [1.807, 2.05) is 14.1 Å². The zero-order valence-electron chi connectivity index (χ0n) is 10.7. The Bertz CT molecular complexity index is 500. The van der Waals surface area contributed by atoms with E-state index in [0.29, 0.717) is 6.42 Å². The first-order valence-electron chi connectivity index (χ1n) is 5.96. The van der Waals surface area contributed by atoms with Crippen molar-refractivity contribution in [2.24, 2.45) is 0 Å². The van der Waals surface area contributed by atoms with Gasteiger partial charge in [0.05, 0.1) is 0 Å². The van der Waals surface area contributed by atoms with E-state index in [-0.39, 0.29) is 5.91 Å². The Hall–Kier alpha value is -2.10. The van der Waals surface area contributed by atoms with Crippen molar-refractivity contribution in [3.8, 4) is 0 Å². The Morgan fingerprint density at radius 2 is 2.00 bits per heavy atom. The second-order valence-electron chi connectivity index (χ2n) is 4.41. The molecular weight excluding hydrogens is 226 g/mol. The normalized spacial score (nSPS) is 10.3. The zero-order chi connectivity index (χ0) is 13.0. The van der Waals surface area contributed by atoms with Gasteiger partial charge in [-0.2, -0.15) is 5.10 Å². The van der Waals surface area contributed by atoms with Gasteiger partial charge >= 0.3 is 0 Å². The Kier molecular flexibility index (Phi) is 3.77. The molecule has 1 aromatic carbocycles. The molecule has 0 spiro atoms. The van der Waals surface area contributed by atoms with Crippen molar-refractivity contribution in [1.82, 2.24) is 9.78 Å². The number of carbonyl (C=O) groups is 1. The van der Waals surface area contributed by atoms with Gasteiger partial charge in [0.15, 0.2) is 0 Å². The number of rotatable bonds is 4. The minimum Gasteiger partial charge on any atom is -0.378 e. The first-order valence-corrected chi connectivity index (χ1v) is 5.96. The van der Waals surface area contributed by atoms with Crippen molar-refractivity contribution < 1.29 is 4.79 Å². The lowest BCUT2D eigenvalue weighted by molar-refractivity contribution is 0.0887. The summed E-state index contributed by atoms with van der Waals surface area (Å²) in [6, 6.07) is 10.0. The molecule has 4 nitrogen and oxygen atoms in total.